The zero-order valence-corrected chi connectivity index (χ0v) is 35.2. The number of ketones is 1. The molecule has 0 aliphatic heterocycles. The molecule has 7 rings (SSSR count). The number of nitrogens with two attached hydrogens (primary N) is 1. The minimum Gasteiger partial charge on any atom is -0.423 e. The molecule has 5 N–H and O–H groups in total. The van der Waals surface area contributed by atoms with Gasteiger partial charge in [0.2, 0.25) is 0 Å². The largest absolute Gasteiger partial charge is 0.488 e. The zero-order chi connectivity index (χ0) is 44.6. The van der Waals surface area contributed by atoms with Gasteiger partial charge in [0.1, 0.15) is 40.8 Å². The molecule has 0 radical (unpaired) electrons. The van der Waals surface area contributed by atoms with Crippen molar-refractivity contribution < 1.29 is 14.8 Å². The highest BCUT2D eigenvalue weighted by molar-refractivity contribution is 9.10. The first-order valence-electron chi connectivity index (χ1n) is 18.4. The van der Waals surface area contributed by atoms with Crippen LogP contribution >= 0.6 is 15.9 Å². The summed E-state index contributed by atoms with van der Waals surface area (Å²) in [6.07, 6.45) is 10.5. The second kappa shape index (κ2) is 25.8. The maximum Gasteiger partial charge on any atom is 0.488 e. The van der Waals surface area contributed by atoms with Gasteiger partial charge in [-0.3, -0.25) is 14.9 Å². The first-order valence-corrected chi connectivity index (χ1v) is 19.2. The molecule has 0 spiro atoms. The molecule has 0 atom stereocenters. The summed E-state index contributed by atoms with van der Waals surface area (Å²) in [6.45, 7) is 14.5. The van der Waals surface area contributed by atoms with E-state index in [2.05, 4.69) is 77.9 Å². The lowest BCUT2D eigenvalue weighted by molar-refractivity contribution is -0.115. The van der Waals surface area contributed by atoms with Crippen molar-refractivity contribution in [2.24, 2.45) is 5.73 Å². The second-order valence-corrected chi connectivity index (χ2v) is 13.4. The number of hydrogen-bond acceptors (Lipinski definition) is 11. The lowest BCUT2D eigenvalue weighted by atomic mass is 9.80. The third-order valence-electron chi connectivity index (χ3n) is 8.03. The van der Waals surface area contributed by atoms with Gasteiger partial charge in [0.05, 0.1) is 6.54 Å². The molecule has 304 valence electrons. The van der Waals surface area contributed by atoms with Gasteiger partial charge in [0.25, 0.3) is 0 Å². The quantitative estimate of drug-likeness (QED) is 0.107. The number of benzene rings is 3. The van der Waals surface area contributed by atoms with Gasteiger partial charge in [-0.2, -0.15) is 15.6 Å². The molecule has 0 saturated carbocycles. The van der Waals surface area contributed by atoms with E-state index in [1.165, 1.54) is 6.92 Å². The molecule has 14 heteroatoms. The van der Waals surface area contributed by atoms with Crippen LogP contribution in [-0.2, 0) is 4.79 Å². The molecule has 0 saturated heterocycles. The Labute approximate surface area is 364 Å². The number of rotatable bonds is 8. The van der Waals surface area contributed by atoms with Crippen molar-refractivity contribution >= 4 is 52.5 Å². The van der Waals surface area contributed by atoms with Crippen LogP contribution in [0.15, 0.2) is 152 Å². The van der Waals surface area contributed by atoms with Crippen LogP contribution in [0.25, 0.3) is 52.0 Å². The van der Waals surface area contributed by atoms with Crippen molar-refractivity contribution in [3.05, 3.63) is 186 Å². The SMILES string of the molecule is C=Cc1ccc(-c2ccc(-c3n[nH]c(C)n3)nc2)cc1.C=Cc1ccc(-c2ccc(C#N)nc2)cc1.C=Cc1ccc(B(O)O)cc1.CC(=O)CN.N#Cc1ccc(Br)cn1. The van der Waals surface area contributed by atoms with E-state index in [1.807, 2.05) is 85.9 Å². The van der Waals surface area contributed by atoms with Crippen LogP contribution in [0.1, 0.15) is 40.8 Å². The van der Waals surface area contributed by atoms with E-state index >= 15 is 0 Å². The van der Waals surface area contributed by atoms with Gasteiger partial charge >= 0.3 is 7.12 Å². The smallest absolute Gasteiger partial charge is 0.423 e. The summed E-state index contributed by atoms with van der Waals surface area (Å²) in [5.74, 6) is 1.44. The fourth-order valence-corrected chi connectivity index (χ4v) is 4.89. The predicted molar refractivity (Wildman–Crippen MR) is 247 cm³/mol. The van der Waals surface area contributed by atoms with E-state index < -0.39 is 7.12 Å². The summed E-state index contributed by atoms with van der Waals surface area (Å²) in [5.41, 5.74) is 14.4. The van der Waals surface area contributed by atoms with Crippen LogP contribution in [0.4, 0.5) is 0 Å². The molecule has 4 heterocycles. The molecule has 0 unspecified atom stereocenters. The third kappa shape index (κ3) is 16.7. The molecule has 0 aliphatic carbocycles. The number of hydrogen-bond donors (Lipinski definition) is 4. The number of nitrogens with one attached hydrogen (secondary N) is 1. The lowest BCUT2D eigenvalue weighted by Crippen LogP contribution is -2.29. The van der Waals surface area contributed by atoms with Crippen LogP contribution in [-0.4, -0.2) is 59.6 Å². The number of carbonyl (C=O) groups excluding carboxylic acids is 1. The standard InChI is InChI=1S/C16H14N4.C14H10N2.C8H9BO2.C6H3BrN2.C3H7NO/c1-3-12-4-6-13(7-5-12)14-8-9-15(17-10-14)16-18-11(2)19-20-16;1-2-11-3-5-12(6-4-11)13-7-8-14(9-15)16-10-13;1-2-7-3-5-8(6-4-7)9(10)11;7-5-1-2-6(3-8)9-4-5;1-3(5)2-4/h3-10H,1H2,2H3,(H,18,19,20);2-8,10H,1H2;2-6,10-11H,1H2;1-2,4H;2,4H2,1H3. The number of pyridine rings is 3. The van der Waals surface area contributed by atoms with E-state index in [4.69, 9.17) is 26.3 Å². The first kappa shape index (κ1) is 47.9. The number of nitriles is 2. The summed E-state index contributed by atoms with van der Waals surface area (Å²) in [6, 6.07) is 38.0. The fourth-order valence-electron chi connectivity index (χ4n) is 4.65. The van der Waals surface area contributed by atoms with Crippen LogP contribution in [0.3, 0.4) is 0 Å². The van der Waals surface area contributed by atoms with Crippen LogP contribution in [0.5, 0.6) is 0 Å². The Balaban J connectivity index is 0.000000217. The average Bonchev–Trinajstić information content (AvgIpc) is 3.76. The van der Waals surface area contributed by atoms with Gasteiger partial charge in [-0.15, -0.1) is 0 Å². The van der Waals surface area contributed by atoms with E-state index in [1.54, 1.807) is 67.0 Å². The number of H-pyrrole nitrogens is 1. The summed E-state index contributed by atoms with van der Waals surface area (Å²) in [4.78, 5) is 26.2. The second-order valence-electron chi connectivity index (χ2n) is 12.5. The monoisotopic (exact) mass is 871 g/mol. The van der Waals surface area contributed by atoms with Gasteiger partial charge in [-0.1, -0.05) is 117 Å². The summed E-state index contributed by atoms with van der Waals surface area (Å²) < 4.78 is 0.890. The molecule has 7 aromatic rings. The van der Waals surface area contributed by atoms with E-state index in [0.717, 1.165) is 54.9 Å². The number of aryl methyl sites for hydroxylation is 1. The van der Waals surface area contributed by atoms with E-state index in [9.17, 15) is 4.79 Å². The predicted octanol–water partition coefficient (Wildman–Crippen LogP) is 8.01. The Morgan fingerprint density at radius 3 is 1.46 bits per heavy atom. The van der Waals surface area contributed by atoms with Gasteiger partial charge in [0.15, 0.2) is 5.82 Å². The maximum absolute atomic E-state index is 9.69. The Morgan fingerprint density at radius 1 is 0.705 bits per heavy atom. The molecule has 3 aromatic carbocycles. The van der Waals surface area contributed by atoms with Crippen molar-refractivity contribution in [3.8, 4) is 45.9 Å². The number of carbonyl (C=O) groups is 1. The molecule has 0 fully saturated rings. The number of aromatic nitrogens is 6. The number of aromatic amines is 1. The van der Waals surface area contributed by atoms with Crippen LogP contribution in [0, 0.1) is 29.6 Å². The minimum atomic E-state index is -1.38. The maximum atomic E-state index is 9.69. The van der Waals surface area contributed by atoms with Gasteiger partial charge in [-0.25, -0.2) is 15.0 Å². The number of nitrogens with zero attached hydrogens (tertiary/aromatic N) is 7. The Kier molecular flexibility index (Phi) is 20.3. The Hall–Kier alpha value is -7.46. The molecule has 0 bridgehead atoms. The summed E-state index contributed by atoms with van der Waals surface area (Å²) in [5, 5.41) is 41.3. The molecule has 0 aliphatic rings. The van der Waals surface area contributed by atoms with Gasteiger partial charge in [0, 0.05) is 34.2 Å². The fraction of sp³-hybridized carbons (Fsp3) is 0.0638. The Morgan fingerprint density at radius 2 is 1.13 bits per heavy atom. The topological polar surface area (TPSA) is 211 Å². The molecule has 4 aromatic heterocycles. The van der Waals surface area contributed by atoms with Crippen molar-refractivity contribution in [3.63, 3.8) is 0 Å². The lowest BCUT2D eigenvalue weighted by Gasteiger charge is -2.02. The molecular formula is C47H43BBrN9O3. The van der Waals surface area contributed by atoms with Crippen molar-refractivity contribution in [1.29, 1.82) is 10.5 Å². The highest BCUT2D eigenvalue weighted by Crippen LogP contribution is 2.22. The van der Waals surface area contributed by atoms with Gasteiger partial charge in [-0.05, 0) is 93.4 Å². The highest BCUT2D eigenvalue weighted by Gasteiger charge is 2.09. The van der Waals surface area contributed by atoms with Crippen molar-refractivity contribution in [2.45, 2.75) is 13.8 Å². The Bertz CT molecular complexity index is 2530. The first-order chi connectivity index (χ1) is 29.4. The molecule has 61 heavy (non-hydrogen) atoms. The third-order valence-corrected chi connectivity index (χ3v) is 8.50. The summed E-state index contributed by atoms with van der Waals surface area (Å²) >= 11 is 3.20. The normalized spacial score (nSPS) is 9.44. The zero-order valence-electron chi connectivity index (χ0n) is 33.7. The minimum absolute atomic E-state index is 0.0324. The van der Waals surface area contributed by atoms with Crippen LogP contribution < -0.4 is 11.2 Å². The van der Waals surface area contributed by atoms with Crippen molar-refractivity contribution in [2.75, 3.05) is 6.54 Å². The van der Waals surface area contributed by atoms with Crippen LogP contribution in [0.2, 0.25) is 0 Å². The molecule has 12 nitrogen and oxygen atoms in total. The van der Waals surface area contributed by atoms with E-state index in [-0.39, 0.29) is 12.3 Å². The van der Waals surface area contributed by atoms with Gasteiger partial charge < -0.3 is 15.8 Å². The van der Waals surface area contributed by atoms with Crippen molar-refractivity contribution in [1.82, 2.24) is 30.1 Å². The van der Waals surface area contributed by atoms with E-state index in [0.29, 0.717) is 22.7 Å². The average molecular weight is 873 g/mol. The number of halogens is 1. The molecule has 0 amide bonds. The summed E-state index contributed by atoms with van der Waals surface area (Å²) in [7, 11) is -1.38. The number of Topliss-reactive ketones (excluding diaryl/α,β-unsaturated/α-hetero) is 1. The highest BCUT2D eigenvalue weighted by atomic mass is 79.9. The molecular weight excluding hydrogens is 829 g/mol.